The number of allylic oxidation sites excluding steroid dienone is 1. The van der Waals surface area contributed by atoms with Crippen LogP contribution < -0.4 is 0 Å². The third-order valence-corrected chi connectivity index (χ3v) is 12.0. The van der Waals surface area contributed by atoms with Crippen molar-refractivity contribution < 1.29 is 26.6 Å². The molecule has 4 aromatic rings. The minimum atomic E-state index is -4.65. The number of fused-ring (bicyclic) bond motifs is 2. The number of benzene rings is 1. The SMILES string of the molecule is C=S(=O)(c1ccn(C)n1)N(C1CCCC1)[C@H]1CCC2=Cc3c(cnn3-c3ccc(F)cc3)C[C@]2(C(=O)c2cc(C(F)(F)F)ccn2)C1. The molecule has 3 heterocycles. The fraction of sp³-hybridized carbons (Fsp3) is 0.382. The van der Waals surface area contributed by atoms with Crippen molar-refractivity contribution >= 4 is 27.4 Å². The van der Waals surface area contributed by atoms with E-state index in [4.69, 9.17) is 0 Å². The van der Waals surface area contributed by atoms with Crippen molar-refractivity contribution in [3.05, 3.63) is 95.0 Å². The lowest BCUT2D eigenvalue weighted by Crippen LogP contribution is -2.53. The van der Waals surface area contributed by atoms with Gasteiger partial charge in [-0.15, -0.1) is 0 Å². The van der Waals surface area contributed by atoms with Gasteiger partial charge in [0, 0.05) is 31.5 Å². The maximum atomic E-state index is 14.7. The van der Waals surface area contributed by atoms with Gasteiger partial charge in [-0.05, 0) is 98.5 Å². The van der Waals surface area contributed by atoms with Gasteiger partial charge in [-0.25, -0.2) is 17.6 Å². The predicted molar refractivity (Wildman–Crippen MR) is 170 cm³/mol. The molecule has 3 aliphatic carbocycles. The van der Waals surface area contributed by atoms with E-state index in [2.05, 4.69) is 21.1 Å². The van der Waals surface area contributed by atoms with Gasteiger partial charge in [-0.3, -0.25) is 14.5 Å². The topological polar surface area (TPSA) is 85.9 Å². The van der Waals surface area contributed by atoms with Crippen molar-refractivity contribution in [2.45, 2.75) is 74.7 Å². The van der Waals surface area contributed by atoms with Gasteiger partial charge in [0.2, 0.25) is 0 Å². The number of hydrogen-bond acceptors (Lipinski definition) is 5. The molecule has 0 spiro atoms. The molecular weight excluding hydrogens is 632 g/mol. The zero-order valence-corrected chi connectivity index (χ0v) is 26.6. The van der Waals surface area contributed by atoms with Gasteiger partial charge >= 0.3 is 6.18 Å². The Balaban J connectivity index is 1.35. The zero-order chi connectivity index (χ0) is 33.1. The molecule has 0 N–H and O–H groups in total. The van der Waals surface area contributed by atoms with Crippen molar-refractivity contribution in [3.8, 4) is 5.69 Å². The maximum absolute atomic E-state index is 14.7. The second-order valence-electron chi connectivity index (χ2n) is 12.8. The molecule has 8 nitrogen and oxygen atoms in total. The number of rotatable bonds is 7. The Morgan fingerprint density at radius 3 is 2.51 bits per heavy atom. The largest absolute Gasteiger partial charge is 0.416 e. The van der Waals surface area contributed by atoms with Crippen LogP contribution >= 0.6 is 0 Å². The number of alkyl halides is 3. The Hall–Kier alpha value is -4.10. The molecule has 47 heavy (non-hydrogen) atoms. The Bertz CT molecular complexity index is 1980. The average molecular weight is 667 g/mol. The first kappa shape index (κ1) is 31.5. The number of aromatic nitrogens is 5. The second-order valence-corrected chi connectivity index (χ2v) is 14.9. The highest BCUT2D eigenvalue weighted by molar-refractivity contribution is 7.98. The standard InChI is InChI=1S/C34H34F4N6O2S/c1-42-16-14-31(41-42)47(2,46)44(27-5-3-4-6-27)28-10-7-23-18-30-22(21-40-43(30)26-11-8-25(35)9-12-26)19-33(23,20-28)32(45)29-17-24(13-15-39-29)34(36,37)38/h8-9,11-18,21,27-28H,2-7,10,19-20H2,1H3/t28-,33-,47?/m0/s1. The fourth-order valence-electron chi connectivity index (χ4n) is 7.68. The van der Waals surface area contributed by atoms with Crippen LogP contribution in [0.3, 0.4) is 0 Å². The summed E-state index contributed by atoms with van der Waals surface area (Å²) in [5.74, 6) is 3.32. The molecule has 0 bridgehead atoms. The molecule has 2 fully saturated rings. The maximum Gasteiger partial charge on any atom is 0.416 e. The third-order valence-electron chi connectivity index (χ3n) is 9.86. The van der Waals surface area contributed by atoms with Gasteiger partial charge in [0.15, 0.2) is 10.8 Å². The van der Waals surface area contributed by atoms with E-state index in [0.717, 1.165) is 60.8 Å². The number of aryl methyl sites for hydroxylation is 1. The number of Topliss-reactive ketones (excluding diaryl/α,β-unsaturated/α-hetero) is 1. The first-order valence-electron chi connectivity index (χ1n) is 15.6. The van der Waals surface area contributed by atoms with E-state index in [1.807, 2.05) is 10.4 Å². The molecule has 2 saturated carbocycles. The molecule has 3 aliphatic rings. The van der Waals surface area contributed by atoms with Gasteiger partial charge < -0.3 is 0 Å². The summed E-state index contributed by atoms with van der Waals surface area (Å²) in [6, 6.07) is 8.87. The van der Waals surface area contributed by atoms with Crippen LogP contribution in [0.25, 0.3) is 11.8 Å². The van der Waals surface area contributed by atoms with Crippen LogP contribution in [-0.2, 0) is 29.4 Å². The lowest BCUT2D eigenvalue weighted by molar-refractivity contribution is -0.137. The molecule has 0 aliphatic heterocycles. The van der Waals surface area contributed by atoms with Crippen molar-refractivity contribution in [2.75, 3.05) is 0 Å². The fourth-order valence-corrected chi connectivity index (χ4v) is 9.78. The number of carbonyl (C=O) groups excluding carboxylic acids is 1. The van der Waals surface area contributed by atoms with Crippen molar-refractivity contribution in [3.63, 3.8) is 0 Å². The third kappa shape index (κ3) is 5.52. The summed E-state index contributed by atoms with van der Waals surface area (Å²) in [5, 5.41) is 9.38. The lowest BCUT2D eigenvalue weighted by Gasteiger charge is -2.48. The first-order chi connectivity index (χ1) is 22.4. The van der Waals surface area contributed by atoms with E-state index in [1.54, 1.807) is 47.0 Å². The molecule has 7 rings (SSSR count). The Morgan fingerprint density at radius 2 is 1.83 bits per heavy atom. The quantitative estimate of drug-likeness (QED) is 0.129. The monoisotopic (exact) mass is 666 g/mol. The van der Waals surface area contributed by atoms with Gasteiger partial charge in [-0.2, -0.15) is 23.4 Å². The molecule has 0 amide bonds. The van der Waals surface area contributed by atoms with Crippen LogP contribution in [-0.4, -0.2) is 56.8 Å². The minimum Gasteiger partial charge on any atom is -0.291 e. The smallest absolute Gasteiger partial charge is 0.291 e. The van der Waals surface area contributed by atoms with E-state index in [-0.39, 0.29) is 36.4 Å². The molecule has 246 valence electrons. The molecule has 3 aromatic heterocycles. The normalized spacial score (nSPS) is 22.9. The summed E-state index contributed by atoms with van der Waals surface area (Å²) in [6.45, 7) is 0. The highest BCUT2D eigenvalue weighted by atomic mass is 32.2. The van der Waals surface area contributed by atoms with Gasteiger partial charge in [0.1, 0.15) is 11.5 Å². The predicted octanol–water partition coefficient (Wildman–Crippen LogP) is 6.46. The van der Waals surface area contributed by atoms with Gasteiger partial charge in [0.05, 0.1) is 38.3 Å². The summed E-state index contributed by atoms with van der Waals surface area (Å²) in [7, 11) is -1.33. The van der Waals surface area contributed by atoms with E-state index in [0.29, 0.717) is 23.6 Å². The highest BCUT2D eigenvalue weighted by Crippen LogP contribution is 2.52. The molecule has 13 heteroatoms. The molecule has 0 saturated heterocycles. The number of nitrogens with zero attached hydrogens (tertiary/aromatic N) is 6. The number of halogens is 4. The zero-order valence-electron chi connectivity index (χ0n) is 25.8. The van der Waals surface area contributed by atoms with Crippen molar-refractivity contribution in [1.82, 2.24) is 28.9 Å². The van der Waals surface area contributed by atoms with Gasteiger partial charge in [-0.1, -0.05) is 18.4 Å². The van der Waals surface area contributed by atoms with Crippen LogP contribution in [0.15, 0.2) is 71.7 Å². The van der Waals surface area contributed by atoms with E-state index in [1.165, 1.54) is 12.1 Å². The summed E-state index contributed by atoms with van der Waals surface area (Å²) in [6.07, 6.45) is 6.61. The van der Waals surface area contributed by atoms with Crippen LogP contribution in [0.5, 0.6) is 0 Å². The highest BCUT2D eigenvalue weighted by Gasteiger charge is 2.52. The number of hydrogen-bond donors (Lipinski definition) is 0. The summed E-state index contributed by atoms with van der Waals surface area (Å²) < 4.78 is 75.0. The van der Waals surface area contributed by atoms with Crippen molar-refractivity contribution in [1.29, 1.82) is 0 Å². The minimum absolute atomic E-state index is 0.0447. The first-order valence-corrected chi connectivity index (χ1v) is 17.3. The average Bonchev–Trinajstić information content (AvgIpc) is 3.82. The summed E-state index contributed by atoms with van der Waals surface area (Å²) >= 11 is 0. The lowest BCUT2D eigenvalue weighted by atomic mass is 9.60. The van der Waals surface area contributed by atoms with Crippen LogP contribution in [0.2, 0.25) is 0 Å². The molecule has 0 radical (unpaired) electrons. The molecular formula is C34H34F4N6O2S. The molecule has 1 aromatic carbocycles. The summed E-state index contributed by atoms with van der Waals surface area (Å²) in [4.78, 5) is 18.9. The van der Waals surface area contributed by atoms with Gasteiger partial charge in [0.25, 0.3) is 0 Å². The Labute approximate surface area is 270 Å². The Kier molecular flexibility index (Phi) is 7.74. The van der Waals surface area contributed by atoms with Crippen LogP contribution in [0.4, 0.5) is 17.6 Å². The van der Waals surface area contributed by atoms with E-state index >= 15 is 0 Å². The molecule has 3 atom stereocenters. The second kappa shape index (κ2) is 11.6. The number of carbonyl (C=O) groups is 1. The molecule has 1 unspecified atom stereocenters. The van der Waals surface area contributed by atoms with E-state index in [9.17, 15) is 26.6 Å². The summed E-state index contributed by atoms with van der Waals surface area (Å²) in [5.41, 5.74) is 0.368. The van der Waals surface area contributed by atoms with E-state index < -0.39 is 32.6 Å². The van der Waals surface area contributed by atoms with Crippen molar-refractivity contribution in [2.24, 2.45) is 12.5 Å². The number of ketones is 1. The van der Waals surface area contributed by atoms with Crippen LogP contribution in [0, 0.1) is 11.2 Å². The number of pyridine rings is 1. The van der Waals surface area contributed by atoms with Crippen LogP contribution in [0.1, 0.15) is 72.3 Å². The Morgan fingerprint density at radius 1 is 1.09 bits per heavy atom.